The van der Waals surface area contributed by atoms with Crippen molar-refractivity contribution in [1.82, 2.24) is 0 Å². The molecule has 0 rings (SSSR count). The molecular weight excluding hydrogens is 237 g/mol. The highest BCUT2D eigenvalue weighted by molar-refractivity contribution is 8.26. The Labute approximate surface area is 73.6 Å². The van der Waals surface area contributed by atoms with E-state index in [1.54, 1.807) is 0 Å². The molecule has 0 radical (unpaired) electrons. The first-order valence-electron chi connectivity index (χ1n) is 1.13. The summed E-state index contributed by atoms with van der Waals surface area (Å²) < 4.78 is 8.34. The number of rotatable bonds is 0. The molecular formula is CHCl5OS. The van der Waals surface area contributed by atoms with Crippen LogP contribution in [0.2, 0.25) is 0 Å². The fraction of sp³-hybridized carbons (Fsp3) is 1.00. The van der Waals surface area contributed by atoms with Crippen LogP contribution in [0.1, 0.15) is 0 Å². The molecule has 0 fully saturated rings. The van der Waals surface area contributed by atoms with Gasteiger partial charge < -0.3 is 0 Å². The van der Waals surface area contributed by atoms with Crippen LogP contribution in [0.25, 0.3) is 0 Å². The first kappa shape index (κ1) is 12.3. The zero-order valence-electron chi connectivity index (χ0n) is 3.28. The van der Waals surface area contributed by atoms with Crippen LogP contribution in [0.5, 0.6) is 0 Å². The smallest absolute Gasteiger partial charge is 0.211 e. The maximum Gasteiger partial charge on any atom is 0.211 e. The summed E-state index contributed by atoms with van der Waals surface area (Å²) in [6, 6.07) is 0. The van der Waals surface area contributed by atoms with Crippen LogP contribution < -0.4 is 0 Å². The maximum absolute atomic E-state index is 9.09. The fourth-order valence-corrected chi connectivity index (χ4v) is 0. The highest BCUT2D eigenvalue weighted by Gasteiger charge is 1.78. The van der Waals surface area contributed by atoms with Crippen molar-refractivity contribution in [2.45, 2.75) is 4.30 Å². The highest BCUT2D eigenvalue weighted by atomic mass is 36.0. The van der Waals surface area contributed by atoms with E-state index in [4.69, 9.17) is 39.0 Å². The van der Waals surface area contributed by atoms with Crippen molar-refractivity contribution < 1.29 is 4.21 Å². The lowest BCUT2D eigenvalue weighted by Gasteiger charge is -1.69. The molecule has 0 amide bonds. The van der Waals surface area contributed by atoms with Gasteiger partial charge in [0.25, 0.3) is 0 Å². The lowest BCUT2D eigenvalue weighted by Crippen LogP contribution is -1.55. The van der Waals surface area contributed by atoms with E-state index in [0.717, 1.165) is 0 Å². The van der Waals surface area contributed by atoms with Crippen molar-refractivity contribution in [2.24, 2.45) is 0 Å². The monoisotopic (exact) mass is 236 g/mol. The lowest BCUT2D eigenvalue weighted by molar-refractivity contribution is 0.698. The van der Waals surface area contributed by atoms with E-state index in [2.05, 4.69) is 21.4 Å². The van der Waals surface area contributed by atoms with Gasteiger partial charge in [0.1, 0.15) is 0 Å². The van der Waals surface area contributed by atoms with Crippen molar-refractivity contribution in [1.29, 1.82) is 0 Å². The number of halogens is 5. The molecule has 0 saturated carbocycles. The summed E-state index contributed by atoms with van der Waals surface area (Å²) in [7, 11) is 7.36. The molecule has 0 aromatic rings. The summed E-state index contributed by atoms with van der Waals surface area (Å²) in [6.07, 6.45) is 0. The zero-order valence-corrected chi connectivity index (χ0v) is 7.88. The van der Waals surface area contributed by atoms with Crippen LogP contribution in [0.15, 0.2) is 0 Å². The van der Waals surface area contributed by atoms with E-state index in [1.807, 2.05) is 0 Å². The van der Waals surface area contributed by atoms with Gasteiger partial charge in [-0.3, -0.25) is 0 Å². The Morgan fingerprint density at radius 3 is 1.12 bits per heavy atom. The molecule has 0 unspecified atom stereocenters. The van der Waals surface area contributed by atoms with Crippen LogP contribution in [0, 0.1) is 0 Å². The van der Waals surface area contributed by atoms with Gasteiger partial charge in [-0.15, -0.1) is 0 Å². The van der Waals surface area contributed by atoms with Crippen molar-refractivity contribution in [3.63, 3.8) is 0 Å². The zero-order chi connectivity index (χ0) is 7.15. The average molecular weight is 238 g/mol. The van der Waals surface area contributed by atoms with Crippen LogP contribution in [-0.4, -0.2) is 8.50 Å². The predicted octanol–water partition coefficient (Wildman–Crippen LogP) is 3.03. The molecule has 0 spiro atoms. The maximum atomic E-state index is 9.09. The molecule has 8 heavy (non-hydrogen) atoms. The van der Waals surface area contributed by atoms with Crippen LogP contribution in [0.3, 0.4) is 0 Å². The van der Waals surface area contributed by atoms with Gasteiger partial charge in [0.15, 0.2) is 4.30 Å². The largest absolute Gasteiger partial charge is 0.225 e. The van der Waals surface area contributed by atoms with E-state index >= 15 is 0 Å². The molecule has 0 aliphatic carbocycles. The quantitative estimate of drug-likeness (QED) is 0.468. The highest BCUT2D eigenvalue weighted by Crippen LogP contribution is 2.03. The van der Waals surface area contributed by atoms with Crippen molar-refractivity contribution in [3.05, 3.63) is 0 Å². The number of hydrogen-bond donors (Lipinski definition) is 0. The van der Waals surface area contributed by atoms with Crippen molar-refractivity contribution in [3.8, 4) is 0 Å². The third kappa shape index (κ3) is 129. The molecule has 52 valence electrons. The predicted molar refractivity (Wildman–Crippen MR) is 41.2 cm³/mol. The fourth-order valence-electron chi connectivity index (χ4n) is 0. The second-order valence-electron chi connectivity index (χ2n) is 0.432. The summed E-state index contributed by atoms with van der Waals surface area (Å²) in [5, 5.41) is 0. The molecule has 1 nitrogen and oxygen atoms in total. The van der Waals surface area contributed by atoms with E-state index in [-0.39, 0.29) is 0 Å². The van der Waals surface area contributed by atoms with Gasteiger partial charge in [0, 0.05) is 21.4 Å². The summed E-state index contributed by atoms with van der Waals surface area (Å²) >= 11 is 14.4. The molecule has 7 heteroatoms. The van der Waals surface area contributed by atoms with Crippen molar-refractivity contribution >= 4 is 65.4 Å². The van der Waals surface area contributed by atoms with Gasteiger partial charge in [0.2, 0.25) is 9.23 Å². The summed E-state index contributed by atoms with van der Waals surface area (Å²) in [5.74, 6) is 0. The first-order valence-corrected chi connectivity index (χ1v) is 5.24. The molecule has 0 aromatic heterocycles. The number of alkyl halides is 3. The molecule has 0 aliphatic rings. The van der Waals surface area contributed by atoms with Gasteiger partial charge >= 0.3 is 0 Å². The Morgan fingerprint density at radius 1 is 1.12 bits per heavy atom. The molecule has 0 atom stereocenters. The minimum atomic E-state index is -1.67. The molecule has 0 bridgehead atoms. The summed E-state index contributed by atoms with van der Waals surface area (Å²) in [4.78, 5) is 0. The van der Waals surface area contributed by atoms with E-state index in [1.165, 1.54) is 0 Å². The standard InChI is InChI=1S/CHCl3.Cl2OS/c2-1(3)4;1-4(2)3/h1H;. The van der Waals surface area contributed by atoms with E-state index < -0.39 is 13.5 Å². The Bertz CT molecular complexity index is 56.7. The lowest BCUT2D eigenvalue weighted by atomic mass is 11.9. The Kier molecular flexibility index (Phi) is 13.2. The minimum Gasteiger partial charge on any atom is -0.225 e. The third-order valence-electron chi connectivity index (χ3n) is 0. The van der Waals surface area contributed by atoms with Gasteiger partial charge in [0.05, 0.1) is 0 Å². The van der Waals surface area contributed by atoms with Crippen LogP contribution in [0.4, 0.5) is 0 Å². The normalized spacial score (nSPS) is 8.88. The van der Waals surface area contributed by atoms with Gasteiger partial charge in [-0.1, -0.05) is 34.8 Å². The average Bonchev–Trinajstić information content (AvgIpc) is 1.25. The third-order valence-corrected chi connectivity index (χ3v) is 0. The van der Waals surface area contributed by atoms with Gasteiger partial charge in [-0.05, 0) is 0 Å². The van der Waals surface area contributed by atoms with E-state index in [9.17, 15) is 0 Å². The Balaban J connectivity index is 0. The van der Waals surface area contributed by atoms with Gasteiger partial charge in [-0.2, -0.15) is 0 Å². The second kappa shape index (κ2) is 8.60. The molecule has 0 saturated heterocycles. The van der Waals surface area contributed by atoms with Gasteiger partial charge in [-0.25, -0.2) is 4.21 Å². The first-order chi connectivity index (χ1) is 3.46. The van der Waals surface area contributed by atoms with Crippen LogP contribution >= 0.6 is 56.2 Å². The van der Waals surface area contributed by atoms with Crippen LogP contribution in [-0.2, 0) is 9.23 Å². The molecule has 0 N–H and O–H groups in total. The summed E-state index contributed by atoms with van der Waals surface area (Å²) in [5.41, 5.74) is 0. The molecule has 0 heterocycles. The number of hydrogen-bond acceptors (Lipinski definition) is 1. The molecule has 0 aromatic carbocycles. The topological polar surface area (TPSA) is 17.1 Å². The SMILES string of the molecule is ClC(Cl)Cl.O=S(Cl)Cl. The van der Waals surface area contributed by atoms with E-state index in [0.29, 0.717) is 0 Å². The summed E-state index contributed by atoms with van der Waals surface area (Å²) in [6.45, 7) is 0. The molecule has 0 aliphatic heterocycles. The minimum absolute atomic E-state index is 0.750. The Morgan fingerprint density at radius 2 is 1.12 bits per heavy atom. The second-order valence-corrected chi connectivity index (χ2v) is 4.94. The Hall–Kier alpha value is 1.60. The van der Waals surface area contributed by atoms with Crippen molar-refractivity contribution in [2.75, 3.05) is 0 Å².